The number of hydrogen-bond donors (Lipinski definition) is 1. The molecule has 0 bridgehead atoms. The smallest absolute Gasteiger partial charge is 0.124 e. The lowest BCUT2D eigenvalue weighted by molar-refractivity contribution is 0.146. The third-order valence-corrected chi connectivity index (χ3v) is 3.05. The van der Waals surface area contributed by atoms with Crippen molar-refractivity contribution in [2.24, 2.45) is 0 Å². The molecule has 16 heavy (non-hydrogen) atoms. The van der Waals surface area contributed by atoms with Crippen molar-refractivity contribution in [3.8, 4) is 5.75 Å². The quantitative estimate of drug-likeness (QED) is 0.850. The fraction of sp³-hybridized carbons (Fsp3) is 0.538. The van der Waals surface area contributed by atoms with E-state index < -0.39 is 0 Å². The zero-order chi connectivity index (χ0) is 11.5. The molecule has 1 heterocycles. The van der Waals surface area contributed by atoms with E-state index in [9.17, 15) is 4.39 Å². The number of nitrogens with one attached hydrogen (secondary N) is 1. The van der Waals surface area contributed by atoms with Gasteiger partial charge in [-0.05, 0) is 31.2 Å². The summed E-state index contributed by atoms with van der Waals surface area (Å²) in [6, 6.07) is 4.99. The van der Waals surface area contributed by atoms with E-state index in [0.717, 1.165) is 30.7 Å². The summed E-state index contributed by atoms with van der Waals surface area (Å²) in [6.07, 6.45) is 2.14. The van der Waals surface area contributed by atoms with Crippen molar-refractivity contribution in [1.82, 2.24) is 5.32 Å². The van der Waals surface area contributed by atoms with Crippen molar-refractivity contribution in [3.63, 3.8) is 0 Å². The second kappa shape index (κ2) is 4.83. The Bertz CT molecular complexity index is 367. The minimum absolute atomic E-state index is 0.194. The summed E-state index contributed by atoms with van der Waals surface area (Å²) in [4.78, 5) is 0. The van der Waals surface area contributed by atoms with Crippen LogP contribution in [0.15, 0.2) is 18.2 Å². The molecule has 1 aliphatic heterocycles. The van der Waals surface area contributed by atoms with Crippen LogP contribution in [0.4, 0.5) is 4.39 Å². The molecule has 0 aromatic heterocycles. The highest BCUT2D eigenvalue weighted by Crippen LogP contribution is 2.35. The SMILES string of the molecule is CCNC1CC(CC)Oc2ccc(F)cc21. The molecule has 3 heteroatoms. The van der Waals surface area contributed by atoms with Gasteiger partial charge in [0.1, 0.15) is 17.7 Å². The van der Waals surface area contributed by atoms with E-state index in [-0.39, 0.29) is 18.0 Å². The molecule has 1 N–H and O–H groups in total. The van der Waals surface area contributed by atoms with Gasteiger partial charge in [0.25, 0.3) is 0 Å². The first kappa shape index (κ1) is 11.4. The van der Waals surface area contributed by atoms with Crippen LogP contribution in [0.1, 0.15) is 38.3 Å². The van der Waals surface area contributed by atoms with Crippen LogP contribution in [-0.4, -0.2) is 12.6 Å². The van der Waals surface area contributed by atoms with Crippen LogP contribution >= 0.6 is 0 Å². The maximum absolute atomic E-state index is 13.2. The number of rotatable bonds is 3. The predicted molar refractivity (Wildman–Crippen MR) is 62.1 cm³/mol. The van der Waals surface area contributed by atoms with Gasteiger partial charge in [-0.15, -0.1) is 0 Å². The van der Waals surface area contributed by atoms with E-state index in [1.807, 2.05) is 0 Å². The zero-order valence-electron chi connectivity index (χ0n) is 9.79. The molecule has 1 aliphatic rings. The van der Waals surface area contributed by atoms with Crippen LogP contribution in [0.5, 0.6) is 5.75 Å². The number of hydrogen-bond acceptors (Lipinski definition) is 2. The molecule has 0 saturated carbocycles. The third kappa shape index (κ3) is 2.19. The molecule has 2 rings (SSSR count). The number of fused-ring (bicyclic) bond motifs is 1. The van der Waals surface area contributed by atoms with Crippen molar-refractivity contribution >= 4 is 0 Å². The van der Waals surface area contributed by atoms with Crippen LogP contribution in [-0.2, 0) is 0 Å². The average molecular weight is 223 g/mol. The van der Waals surface area contributed by atoms with Gasteiger partial charge in [-0.25, -0.2) is 4.39 Å². The van der Waals surface area contributed by atoms with E-state index in [0.29, 0.717) is 0 Å². The molecule has 1 aromatic carbocycles. The van der Waals surface area contributed by atoms with E-state index in [2.05, 4.69) is 19.2 Å². The Labute approximate surface area is 95.8 Å². The van der Waals surface area contributed by atoms with Gasteiger partial charge >= 0.3 is 0 Å². The molecule has 0 fully saturated rings. The minimum Gasteiger partial charge on any atom is -0.490 e. The molecule has 0 radical (unpaired) electrons. The van der Waals surface area contributed by atoms with E-state index in [1.54, 1.807) is 12.1 Å². The average Bonchev–Trinajstić information content (AvgIpc) is 2.30. The number of benzene rings is 1. The van der Waals surface area contributed by atoms with Gasteiger partial charge in [0.05, 0.1) is 0 Å². The monoisotopic (exact) mass is 223 g/mol. The van der Waals surface area contributed by atoms with Crippen LogP contribution in [0.25, 0.3) is 0 Å². The Morgan fingerprint density at radius 1 is 1.44 bits per heavy atom. The van der Waals surface area contributed by atoms with Crippen molar-refractivity contribution < 1.29 is 9.13 Å². The third-order valence-electron chi connectivity index (χ3n) is 3.05. The topological polar surface area (TPSA) is 21.3 Å². The molecule has 2 atom stereocenters. The lowest BCUT2D eigenvalue weighted by Gasteiger charge is -2.32. The van der Waals surface area contributed by atoms with Crippen molar-refractivity contribution in [2.75, 3.05) is 6.54 Å². The van der Waals surface area contributed by atoms with Gasteiger partial charge in [-0.2, -0.15) is 0 Å². The lowest BCUT2D eigenvalue weighted by atomic mass is 9.95. The highest BCUT2D eigenvalue weighted by atomic mass is 19.1. The molecule has 88 valence electrons. The second-order valence-electron chi connectivity index (χ2n) is 4.18. The Kier molecular flexibility index (Phi) is 3.44. The fourth-order valence-corrected chi connectivity index (χ4v) is 2.21. The van der Waals surface area contributed by atoms with Gasteiger partial charge in [-0.1, -0.05) is 13.8 Å². The van der Waals surface area contributed by atoms with Gasteiger partial charge in [-0.3, -0.25) is 0 Å². The summed E-state index contributed by atoms with van der Waals surface area (Å²) >= 11 is 0. The van der Waals surface area contributed by atoms with Gasteiger partial charge in [0.15, 0.2) is 0 Å². The largest absolute Gasteiger partial charge is 0.490 e. The molecule has 2 unspecified atom stereocenters. The lowest BCUT2D eigenvalue weighted by Crippen LogP contribution is -2.32. The molecule has 0 spiro atoms. The summed E-state index contributed by atoms with van der Waals surface area (Å²) in [5.74, 6) is 0.630. The van der Waals surface area contributed by atoms with Gasteiger partial charge in [0.2, 0.25) is 0 Å². The second-order valence-corrected chi connectivity index (χ2v) is 4.18. The molecule has 1 aromatic rings. The van der Waals surface area contributed by atoms with Gasteiger partial charge in [0, 0.05) is 18.0 Å². The Balaban J connectivity index is 2.31. The maximum Gasteiger partial charge on any atom is 0.124 e. The van der Waals surface area contributed by atoms with Crippen molar-refractivity contribution in [2.45, 2.75) is 38.8 Å². The first-order valence-electron chi connectivity index (χ1n) is 5.94. The highest BCUT2D eigenvalue weighted by molar-refractivity contribution is 5.38. The van der Waals surface area contributed by atoms with Crippen LogP contribution in [0.2, 0.25) is 0 Å². The summed E-state index contributed by atoms with van der Waals surface area (Å²) in [5.41, 5.74) is 0.951. The highest BCUT2D eigenvalue weighted by Gasteiger charge is 2.26. The normalized spacial score (nSPS) is 23.7. The molecular formula is C13H18FNO. The van der Waals surface area contributed by atoms with E-state index in [4.69, 9.17) is 4.74 Å². The summed E-state index contributed by atoms with van der Waals surface area (Å²) < 4.78 is 19.0. The first-order valence-corrected chi connectivity index (χ1v) is 5.94. The molecule has 0 amide bonds. The summed E-state index contributed by atoms with van der Waals surface area (Å²) in [6.45, 7) is 5.06. The summed E-state index contributed by atoms with van der Waals surface area (Å²) in [7, 11) is 0. The molecule has 2 nitrogen and oxygen atoms in total. The van der Waals surface area contributed by atoms with Crippen molar-refractivity contribution in [1.29, 1.82) is 0 Å². The first-order chi connectivity index (χ1) is 7.74. The Morgan fingerprint density at radius 2 is 2.25 bits per heavy atom. The Morgan fingerprint density at radius 3 is 2.94 bits per heavy atom. The number of ether oxygens (including phenoxy) is 1. The standard InChI is InChI=1S/C13H18FNO/c1-3-10-8-12(15-4-2)11-7-9(14)5-6-13(11)16-10/h5-7,10,12,15H,3-4,8H2,1-2H3. The van der Waals surface area contributed by atoms with Crippen LogP contribution in [0, 0.1) is 5.82 Å². The maximum atomic E-state index is 13.2. The summed E-state index contributed by atoms with van der Waals surface area (Å²) in [5, 5.41) is 3.39. The Hall–Kier alpha value is -1.09. The van der Waals surface area contributed by atoms with Gasteiger partial charge < -0.3 is 10.1 Å². The zero-order valence-corrected chi connectivity index (χ0v) is 9.79. The van der Waals surface area contributed by atoms with E-state index >= 15 is 0 Å². The van der Waals surface area contributed by atoms with Crippen molar-refractivity contribution in [3.05, 3.63) is 29.6 Å². The number of halogens is 1. The molecular weight excluding hydrogens is 205 g/mol. The molecule has 0 saturated heterocycles. The predicted octanol–water partition coefficient (Wildman–Crippen LogP) is 3.04. The van der Waals surface area contributed by atoms with Crippen LogP contribution < -0.4 is 10.1 Å². The fourth-order valence-electron chi connectivity index (χ4n) is 2.21. The van der Waals surface area contributed by atoms with Crippen LogP contribution in [0.3, 0.4) is 0 Å². The minimum atomic E-state index is -0.194. The molecule has 0 aliphatic carbocycles. The van der Waals surface area contributed by atoms with E-state index in [1.165, 1.54) is 6.07 Å².